The lowest BCUT2D eigenvalue weighted by molar-refractivity contribution is -0.0978. The lowest BCUT2D eigenvalue weighted by Gasteiger charge is -2.31. The van der Waals surface area contributed by atoms with Gasteiger partial charge in [0.05, 0.1) is 5.71 Å². The summed E-state index contributed by atoms with van der Waals surface area (Å²) in [6.45, 7) is 13.7. The lowest BCUT2D eigenvalue weighted by Crippen LogP contribution is -2.41. The van der Waals surface area contributed by atoms with Crippen LogP contribution in [0.3, 0.4) is 0 Å². The summed E-state index contributed by atoms with van der Waals surface area (Å²) in [6, 6.07) is 20.7. The van der Waals surface area contributed by atoms with Crippen LogP contribution in [0.25, 0.3) is 0 Å². The van der Waals surface area contributed by atoms with Gasteiger partial charge in [0.15, 0.2) is 14.6 Å². The predicted octanol–water partition coefficient (Wildman–Crippen LogP) is 6.15. The molecule has 0 saturated heterocycles. The molecule has 0 aromatic heterocycles. The highest BCUT2D eigenvalue weighted by Crippen LogP contribution is 2.22. The zero-order valence-electron chi connectivity index (χ0n) is 18.2. The first-order valence-electron chi connectivity index (χ1n) is 10.3. The van der Waals surface area contributed by atoms with E-state index in [0.29, 0.717) is 12.5 Å². The first-order valence-corrected chi connectivity index (χ1v) is 13.7. The number of nitrogens with zero attached hydrogens (tertiary/aromatic N) is 1. The summed E-state index contributed by atoms with van der Waals surface area (Å²) in [5.41, 5.74) is 3.23. The molecule has 2 aromatic rings. The van der Waals surface area contributed by atoms with Gasteiger partial charge in [-0.2, -0.15) is 0 Å². The van der Waals surface area contributed by atoms with Gasteiger partial charge in [-0.3, -0.25) is 4.99 Å². The molecule has 1 unspecified atom stereocenters. The standard InChI is InChI=1S/C24H35NO2Si/c1-7-26-24(27-28(4,5)6)22(18-19(2)3)25-23(20-14-10-8-11-15-20)21-16-12-9-13-17-21/h8-17,19,22,24H,7,18H2,1-6H3/t22-,24?/m0/s1. The minimum atomic E-state index is -1.78. The monoisotopic (exact) mass is 397 g/mol. The van der Waals surface area contributed by atoms with Crippen molar-refractivity contribution in [3.63, 3.8) is 0 Å². The van der Waals surface area contributed by atoms with Crippen molar-refractivity contribution in [2.75, 3.05) is 6.61 Å². The maximum absolute atomic E-state index is 6.42. The Labute approximate surface area is 171 Å². The highest BCUT2D eigenvalue weighted by molar-refractivity contribution is 6.69. The van der Waals surface area contributed by atoms with Gasteiger partial charge in [-0.05, 0) is 38.9 Å². The molecule has 0 bridgehead atoms. The molecule has 2 atom stereocenters. The van der Waals surface area contributed by atoms with E-state index in [9.17, 15) is 0 Å². The quantitative estimate of drug-likeness (QED) is 0.273. The molecule has 4 heteroatoms. The van der Waals surface area contributed by atoms with Crippen molar-refractivity contribution in [2.24, 2.45) is 10.9 Å². The third-order valence-electron chi connectivity index (χ3n) is 4.22. The molecule has 0 N–H and O–H groups in total. The molecule has 0 radical (unpaired) electrons. The summed E-state index contributed by atoms with van der Waals surface area (Å²) in [7, 11) is -1.78. The second-order valence-electron chi connectivity index (χ2n) is 8.46. The number of hydrogen-bond donors (Lipinski definition) is 0. The summed E-state index contributed by atoms with van der Waals surface area (Å²) in [6.07, 6.45) is 0.597. The van der Waals surface area contributed by atoms with Crippen LogP contribution in [0, 0.1) is 5.92 Å². The smallest absolute Gasteiger partial charge is 0.187 e. The number of aliphatic imine (C=N–C) groups is 1. The Bertz CT molecular complexity index is 682. The Balaban J connectivity index is 2.51. The molecule has 2 rings (SSSR count). The normalized spacial score (nSPS) is 14.0. The third kappa shape index (κ3) is 7.34. The summed E-state index contributed by atoms with van der Waals surface area (Å²) < 4.78 is 12.5. The molecule has 0 saturated carbocycles. The second-order valence-corrected chi connectivity index (χ2v) is 12.9. The molecular weight excluding hydrogens is 362 g/mol. The minimum absolute atomic E-state index is 0.0536. The van der Waals surface area contributed by atoms with Crippen LogP contribution in [0.4, 0.5) is 0 Å². The fraction of sp³-hybridized carbons (Fsp3) is 0.458. The Hall–Kier alpha value is -1.75. The first-order chi connectivity index (χ1) is 13.3. The van der Waals surface area contributed by atoms with Gasteiger partial charge in [0.1, 0.15) is 6.04 Å². The zero-order chi connectivity index (χ0) is 20.6. The van der Waals surface area contributed by atoms with Crippen LogP contribution >= 0.6 is 0 Å². The van der Waals surface area contributed by atoms with E-state index in [0.717, 1.165) is 23.3 Å². The van der Waals surface area contributed by atoms with Gasteiger partial charge >= 0.3 is 0 Å². The van der Waals surface area contributed by atoms with Gasteiger partial charge in [-0.15, -0.1) is 0 Å². The van der Waals surface area contributed by atoms with Crippen LogP contribution in [0.5, 0.6) is 0 Å². The molecule has 28 heavy (non-hydrogen) atoms. The molecule has 2 aromatic carbocycles. The van der Waals surface area contributed by atoms with Crippen molar-refractivity contribution in [2.45, 2.75) is 59.2 Å². The lowest BCUT2D eigenvalue weighted by atomic mass is 9.99. The van der Waals surface area contributed by atoms with Crippen molar-refractivity contribution >= 4 is 14.0 Å². The predicted molar refractivity (Wildman–Crippen MR) is 122 cm³/mol. The van der Waals surface area contributed by atoms with Crippen LogP contribution in [0.15, 0.2) is 65.7 Å². The minimum Gasteiger partial charge on any atom is -0.391 e. The van der Waals surface area contributed by atoms with Crippen LogP contribution in [-0.2, 0) is 9.16 Å². The highest BCUT2D eigenvalue weighted by atomic mass is 28.4. The van der Waals surface area contributed by atoms with E-state index in [2.05, 4.69) is 82.0 Å². The van der Waals surface area contributed by atoms with Crippen molar-refractivity contribution in [3.8, 4) is 0 Å². The Kier molecular flexibility index (Phi) is 8.61. The topological polar surface area (TPSA) is 30.8 Å². The van der Waals surface area contributed by atoms with Gasteiger partial charge in [-0.1, -0.05) is 74.5 Å². The molecule has 0 amide bonds. The third-order valence-corrected chi connectivity index (χ3v) is 5.16. The second kappa shape index (κ2) is 10.7. The van der Waals surface area contributed by atoms with Gasteiger partial charge in [0.2, 0.25) is 0 Å². The molecule has 0 aliphatic heterocycles. The number of benzene rings is 2. The van der Waals surface area contributed by atoms with E-state index in [1.54, 1.807) is 0 Å². The molecule has 0 heterocycles. The molecule has 3 nitrogen and oxygen atoms in total. The van der Waals surface area contributed by atoms with Crippen LogP contribution in [0.2, 0.25) is 19.6 Å². The van der Waals surface area contributed by atoms with Crippen molar-refractivity contribution in [1.82, 2.24) is 0 Å². The van der Waals surface area contributed by atoms with Crippen LogP contribution in [-0.4, -0.2) is 33.0 Å². The van der Waals surface area contributed by atoms with Gasteiger partial charge in [-0.25, -0.2) is 0 Å². The number of rotatable bonds is 10. The number of hydrogen-bond acceptors (Lipinski definition) is 3. The largest absolute Gasteiger partial charge is 0.391 e. The average Bonchev–Trinajstić information content (AvgIpc) is 2.65. The van der Waals surface area contributed by atoms with Gasteiger partial charge in [0.25, 0.3) is 0 Å². The Morgan fingerprint density at radius 1 is 0.893 bits per heavy atom. The molecule has 0 aliphatic rings. The first kappa shape index (κ1) is 22.5. The molecule has 0 fully saturated rings. The zero-order valence-corrected chi connectivity index (χ0v) is 19.2. The highest BCUT2D eigenvalue weighted by Gasteiger charge is 2.29. The van der Waals surface area contributed by atoms with E-state index in [4.69, 9.17) is 14.2 Å². The van der Waals surface area contributed by atoms with Crippen LogP contribution in [0.1, 0.15) is 38.3 Å². The molecule has 0 aliphatic carbocycles. The maximum Gasteiger partial charge on any atom is 0.187 e. The Morgan fingerprint density at radius 2 is 1.39 bits per heavy atom. The Morgan fingerprint density at radius 3 is 1.79 bits per heavy atom. The van der Waals surface area contributed by atoms with Crippen LogP contribution < -0.4 is 0 Å². The summed E-state index contributed by atoms with van der Waals surface area (Å²) >= 11 is 0. The van der Waals surface area contributed by atoms with E-state index in [-0.39, 0.29) is 12.3 Å². The van der Waals surface area contributed by atoms with E-state index >= 15 is 0 Å². The summed E-state index contributed by atoms with van der Waals surface area (Å²) in [4.78, 5) is 5.25. The summed E-state index contributed by atoms with van der Waals surface area (Å²) in [5.74, 6) is 0.495. The summed E-state index contributed by atoms with van der Waals surface area (Å²) in [5, 5.41) is 0. The number of ether oxygens (including phenoxy) is 1. The molecular formula is C24H35NO2Si. The van der Waals surface area contributed by atoms with Gasteiger partial charge in [0, 0.05) is 17.7 Å². The van der Waals surface area contributed by atoms with E-state index in [1.165, 1.54) is 0 Å². The molecule has 0 spiro atoms. The SMILES string of the molecule is CCOC(O[Si](C)(C)C)[C@H](CC(C)C)N=C(c1ccccc1)c1ccccc1. The average molecular weight is 398 g/mol. The maximum atomic E-state index is 6.42. The fourth-order valence-corrected chi connectivity index (χ4v) is 4.04. The van der Waals surface area contributed by atoms with Crippen molar-refractivity contribution < 1.29 is 9.16 Å². The van der Waals surface area contributed by atoms with E-state index < -0.39 is 8.32 Å². The fourth-order valence-electron chi connectivity index (χ4n) is 3.12. The van der Waals surface area contributed by atoms with Crippen molar-refractivity contribution in [3.05, 3.63) is 71.8 Å². The van der Waals surface area contributed by atoms with Crippen molar-refractivity contribution in [1.29, 1.82) is 0 Å². The van der Waals surface area contributed by atoms with Gasteiger partial charge < -0.3 is 9.16 Å². The van der Waals surface area contributed by atoms with E-state index in [1.807, 2.05) is 19.1 Å². The molecule has 152 valence electrons.